The molecule has 9 heteroatoms. The topological polar surface area (TPSA) is 81.4 Å². The Morgan fingerprint density at radius 2 is 2.05 bits per heavy atom. The summed E-state index contributed by atoms with van der Waals surface area (Å²) in [6.45, 7) is -1.91. The lowest BCUT2D eigenvalue weighted by Crippen LogP contribution is -2.41. The molecule has 0 amide bonds. The smallest absolute Gasteiger partial charge is 0.273 e. The van der Waals surface area contributed by atoms with Gasteiger partial charge in [0.2, 0.25) is 10.0 Å². The van der Waals surface area contributed by atoms with Crippen molar-refractivity contribution in [3.8, 4) is 5.75 Å². The van der Waals surface area contributed by atoms with Crippen molar-refractivity contribution < 1.29 is 21.9 Å². The lowest BCUT2D eigenvalue weighted by Gasteiger charge is -2.14. The molecule has 0 aromatic heterocycles. The number of hydrogen-bond donors (Lipinski definition) is 2. The van der Waals surface area contributed by atoms with Crippen molar-refractivity contribution in [3.05, 3.63) is 29.8 Å². The van der Waals surface area contributed by atoms with Crippen molar-refractivity contribution in [2.75, 3.05) is 20.2 Å². The van der Waals surface area contributed by atoms with Crippen LogP contribution in [0.2, 0.25) is 0 Å². The van der Waals surface area contributed by atoms with Gasteiger partial charge < -0.3 is 10.5 Å². The summed E-state index contributed by atoms with van der Waals surface area (Å²) in [5.41, 5.74) is 5.27. The van der Waals surface area contributed by atoms with Gasteiger partial charge in [-0.2, -0.15) is 0 Å². The maximum atomic E-state index is 12.9. The molecule has 5 nitrogen and oxygen atoms in total. The Hall–Kier alpha value is -0.960. The molecule has 0 aliphatic rings. The van der Waals surface area contributed by atoms with Crippen molar-refractivity contribution >= 4 is 22.4 Å². The number of benzene rings is 1. The van der Waals surface area contributed by atoms with Gasteiger partial charge in [-0.1, -0.05) is 12.1 Å². The highest BCUT2D eigenvalue weighted by Gasteiger charge is 2.28. The van der Waals surface area contributed by atoms with Crippen LogP contribution < -0.4 is 15.2 Å². The molecule has 0 radical (unpaired) electrons. The van der Waals surface area contributed by atoms with Gasteiger partial charge in [0, 0.05) is 0 Å². The zero-order valence-electron chi connectivity index (χ0n) is 10.8. The second-order valence-corrected chi connectivity index (χ2v) is 5.80. The van der Waals surface area contributed by atoms with Crippen LogP contribution >= 0.6 is 12.4 Å². The van der Waals surface area contributed by atoms with Crippen LogP contribution in [0.15, 0.2) is 24.3 Å². The summed E-state index contributed by atoms with van der Waals surface area (Å²) < 4.78 is 55.8. The molecule has 116 valence electrons. The highest BCUT2D eigenvalue weighted by molar-refractivity contribution is 7.88. The number of nitrogens with two attached hydrogens (primary N) is 1. The summed E-state index contributed by atoms with van der Waals surface area (Å²) in [7, 11) is -2.39. The van der Waals surface area contributed by atoms with Crippen LogP contribution in [0.25, 0.3) is 0 Å². The number of rotatable bonds is 7. The molecule has 0 heterocycles. The minimum atomic E-state index is -3.84. The van der Waals surface area contributed by atoms with Crippen molar-refractivity contribution in [2.24, 2.45) is 5.73 Å². The fraction of sp³-hybridized carbons (Fsp3) is 0.455. The normalized spacial score (nSPS) is 11.8. The first-order valence-electron chi connectivity index (χ1n) is 5.46. The van der Waals surface area contributed by atoms with Crippen molar-refractivity contribution in [3.63, 3.8) is 0 Å². The van der Waals surface area contributed by atoms with Crippen molar-refractivity contribution in [1.82, 2.24) is 4.72 Å². The van der Waals surface area contributed by atoms with Gasteiger partial charge in [0.1, 0.15) is 5.75 Å². The third kappa shape index (κ3) is 6.47. The van der Waals surface area contributed by atoms with Crippen molar-refractivity contribution in [1.29, 1.82) is 0 Å². The highest BCUT2D eigenvalue weighted by atomic mass is 35.5. The van der Waals surface area contributed by atoms with Crippen LogP contribution in [0.5, 0.6) is 5.75 Å². The molecule has 0 saturated heterocycles. The van der Waals surface area contributed by atoms with Crippen molar-refractivity contribution in [2.45, 2.75) is 11.7 Å². The van der Waals surface area contributed by atoms with E-state index < -0.39 is 34.8 Å². The molecular formula is C11H17ClF2N2O3S. The van der Waals surface area contributed by atoms with E-state index in [9.17, 15) is 17.2 Å². The van der Waals surface area contributed by atoms with E-state index in [0.717, 1.165) is 0 Å². The Kier molecular flexibility index (Phi) is 7.35. The zero-order chi connectivity index (χ0) is 14.5. The molecule has 0 spiro atoms. The molecule has 1 aromatic rings. The lowest BCUT2D eigenvalue weighted by atomic mass is 10.2. The Bertz CT molecular complexity index is 526. The molecule has 0 unspecified atom stereocenters. The van der Waals surface area contributed by atoms with E-state index in [1.54, 1.807) is 18.2 Å². The molecule has 0 bridgehead atoms. The highest BCUT2D eigenvalue weighted by Crippen LogP contribution is 2.15. The SMILES string of the molecule is COc1cccc(CS(=O)(=O)NCC(F)(F)CN)c1.Cl. The fourth-order valence-electron chi connectivity index (χ4n) is 1.32. The van der Waals surface area contributed by atoms with Gasteiger partial charge in [0.25, 0.3) is 5.92 Å². The van der Waals surface area contributed by atoms with E-state index in [4.69, 9.17) is 10.5 Å². The summed E-state index contributed by atoms with van der Waals surface area (Å²) in [5, 5.41) is 0. The Morgan fingerprint density at radius 1 is 1.40 bits per heavy atom. The number of alkyl halides is 2. The summed E-state index contributed by atoms with van der Waals surface area (Å²) in [6, 6.07) is 6.38. The van der Waals surface area contributed by atoms with Gasteiger partial charge in [-0.3, -0.25) is 0 Å². The van der Waals surface area contributed by atoms with Crippen LogP contribution in [0.4, 0.5) is 8.78 Å². The van der Waals surface area contributed by atoms with Gasteiger partial charge in [0.15, 0.2) is 0 Å². The Balaban J connectivity index is 0.00000361. The van der Waals surface area contributed by atoms with E-state index in [2.05, 4.69) is 0 Å². The molecule has 0 aliphatic heterocycles. The van der Waals surface area contributed by atoms with Gasteiger partial charge in [-0.05, 0) is 17.7 Å². The minimum Gasteiger partial charge on any atom is -0.497 e. The van der Waals surface area contributed by atoms with Crippen LogP contribution in [0.1, 0.15) is 5.56 Å². The average molecular weight is 331 g/mol. The summed E-state index contributed by atoms with van der Waals surface area (Å²) >= 11 is 0. The second kappa shape index (κ2) is 7.72. The fourth-order valence-corrected chi connectivity index (χ4v) is 2.47. The first-order chi connectivity index (χ1) is 8.78. The Morgan fingerprint density at radius 3 is 2.60 bits per heavy atom. The third-order valence-electron chi connectivity index (χ3n) is 2.34. The zero-order valence-corrected chi connectivity index (χ0v) is 12.4. The predicted octanol–water partition coefficient (Wildman–Crippen LogP) is 1.13. The summed E-state index contributed by atoms with van der Waals surface area (Å²) in [4.78, 5) is 0. The van der Waals surface area contributed by atoms with Gasteiger partial charge in [-0.25, -0.2) is 21.9 Å². The molecule has 0 atom stereocenters. The Labute approximate surface area is 123 Å². The minimum absolute atomic E-state index is 0. The molecule has 0 saturated carbocycles. The molecule has 0 aliphatic carbocycles. The second-order valence-electron chi connectivity index (χ2n) is 3.99. The van der Waals surface area contributed by atoms with Gasteiger partial charge in [-0.15, -0.1) is 12.4 Å². The molecule has 0 fully saturated rings. The van der Waals surface area contributed by atoms with E-state index in [0.29, 0.717) is 11.3 Å². The maximum absolute atomic E-state index is 12.9. The summed E-state index contributed by atoms with van der Waals surface area (Å²) in [5.74, 6) is -3.15. The van der Waals surface area contributed by atoms with Crippen LogP contribution in [0.3, 0.4) is 0 Å². The molecule has 20 heavy (non-hydrogen) atoms. The molecule has 1 aromatic carbocycles. The summed E-state index contributed by atoms with van der Waals surface area (Å²) in [6.07, 6.45) is 0. The number of methoxy groups -OCH3 is 1. The monoisotopic (exact) mass is 330 g/mol. The maximum Gasteiger partial charge on any atom is 0.273 e. The number of ether oxygens (including phenoxy) is 1. The lowest BCUT2D eigenvalue weighted by molar-refractivity contribution is 0.0170. The van der Waals surface area contributed by atoms with E-state index in [1.807, 2.05) is 4.72 Å². The molecule has 3 N–H and O–H groups in total. The predicted molar refractivity (Wildman–Crippen MR) is 74.9 cm³/mol. The van der Waals surface area contributed by atoms with Crippen LogP contribution in [-0.2, 0) is 15.8 Å². The van der Waals surface area contributed by atoms with Gasteiger partial charge in [0.05, 0.1) is 26.0 Å². The van der Waals surface area contributed by atoms with Crippen LogP contribution in [-0.4, -0.2) is 34.5 Å². The van der Waals surface area contributed by atoms with E-state index >= 15 is 0 Å². The number of halogens is 3. The van der Waals surface area contributed by atoms with E-state index in [1.165, 1.54) is 13.2 Å². The first-order valence-corrected chi connectivity index (χ1v) is 7.11. The number of nitrogens with one attached hydrogen (secondary N) is 1. The first kappa shape index (κ1) is 19.0. The molecule has 1 rings (SSSR count). The van der Waals surface area contributed by atoms with Gasteiger partial charge >= 0.3 is 0 Å². The number of hydrogen-bond acceptors (Lipinski definition) is 4. The number of sulfonamides is 1. The van der Waals surface area contributed by atoms with Crippen LogP contribution in [0, 0.1) is 0 Å². The average Bonchev–Trinajstić information content (AvgIpc) is 2.36. The third-order valence-corrected chi connectivity index (χ3v) is 3.64. The largest absolute Gasteiger partial charge is 0.497 e. The van der Waals surface area contributed by atoms with E-state index in [-0.39, 0.29) is 12.4 Å². The quantitative estimate of drug-likeness (QED) is 0.785. The molecular weight excluding hydrogens is 314 g/mol. The standard InChI is InChI=1S/C11H16F2N2O3S.ClH/c1-18-10-4-2-3-9(5-10)6-19(16,17)15-8-11(12,13)7-14;/h2-5,15H,6-8,14H2,1H3;1H.